The summed E-state index contributed by atoms with van der Waals surface area (Å²) in [5.41, 5.74) is -0.617. The van der Waals surface area contributed by atoms with Crippen LogP contribution in [0.5, 0.6) is 0 Å². The van der Waals surface area contributed by atoms with Crippen LogP contribution in [-0.4, -0.2) is 47.3 Å². The van der Waals surface area contributed by atoms with E-state index >= 15 is 0 Å². The van der Waals surface area contributed by atoms with Crippen LogP contribution in [0.1, 0.15) is 46.5 Å². The van der Waals surface area contributed by atoms with E-state index in [1.54, 1.807) is 13.8 Å². The van der Waals surface area contributed by atoms with E-state index in [1.165, 1.54) is 0 Å². The number of carboxylic acids is 2. The standard InChI is InChI=1S/C17H26O8/c1-4-17(2,3)16(23)25-8-7-24-15(22)11-6-5-10(13(18)19)9-12(11)14(20)21/h10-12H,4-9H2,1-3H3,(H,18,19)(H,20,21). The van der Waals surface area contributed by atoms with E-state index in [1.807, 2.05) is 6.92 Å². The summed E-state index contributed by atoms with van der Waals surface area (Å²) < 4.78 is 10.1. The van der Waals surface area contributed by atoms with E-state index in [2.05, 4.69) is 0 Å². The summed E-state index contributed by atoms with van der Waals surface area (Å²) in [6.07, 6.45) is 0.900. The van der Waals surface area contributed by atoms with Gasteiger partial charge >= 0.3 is 23.9 Å². The number of carbonyl (C=O) groups is 4. The summed E-state index contributed by atoms with van der Waals surface area (Å²) >= 11 is 0. The van der Waals surface area contributed by atoms with Crippen molar-refractivity contribution in [2.75, 3.05) is 13.2 Å². The van der Waals surface area contributed by atoms with Gasteiger partial charge in [0.2, 0.25) is 0 Å². The molecule has 1 aliphatic rings. The van der Waals surface area contributed by atoms with E-state index in [0.717, 1.165) is 0 Å². The predicted molar refractivity (Wildman–Crippen MR) is 85.6 cm³/mol. The lowest BCUT2D eigenvalue weighted by atomic mass is 9.74. The number of esters is 2. The quantitative estimate of drug-likeness (QED) is 0.496. The van der Waals surface area contributed by atoms with Crippen molar-refractivity contribution in [3.8, 4) is 0 Å². The number of hydrogen-bond acceptors (Lipinski definition) is 6. The second-order valence-electron chi connectivity index (χ2n) is 6.94. The average molecular weight is 358 g/mol. The first-order valence-corrected chi connectivity index (χ1v) is 8.39. The molecule has 25 heavy (non-hydrogen) atoms. The molecule has 0 amide bonds. The van der Waals surface area contributed by atoms with Crippen molar-refractivity contribution < 1.29 is 38.9 Å². The summed E-state index contributed by atoms with van der Waals surface area (Å²) in [6, 6.07) is 0. The van der Waals surface area contributed by atoms with Crippen LogP contribution >= 0.6 is 0 Å². The van der Waals surface area contributed by atoms with Crippen LogP contribution in [0.3, 0.4) is 0 Å². The molecule has 0 aliphatic heterocycles. The van der Waals surface area contributed by atoms with Gasteiger partial charge in [0, 0.05) is 0 Å². The molecule has 2 N–H and O–H groups in total. The first-order valence-electron chi connectivity index (χ1n) is 8.39. The maximum Gasteiger partial charge on any atom is 0.311 e. The molecule has 1 aliphatic carbocycles. The molecule has 8 heteroatoms. The molecule has 3 unspecified atom stereocenters. The van der Waals surface area contributed by atoms with Crippen LogP contribution in [0.4, 0.5) is 0 Å². The van der Waals surface area contributed by atoms with Crippen molar-refractivity contribution in [1.29, 1.82) is 0 Å². The van der Waals surface area contributed by atoms with Crippen molar-refractivity contribution >= 4 is 23.9 Å². The van der Waals surface area contributed by atoms with E-state index < -0.39 is 47.0 Å². The van der Waals surface area contributed by atoms with Gasteiger partial charge in [-0.3, -0.25) is 19.2 Å². The van der Waals surface area contributed by atoms with Crippen LogP contribution in [0.15, 0.2) is 0 Å². The van der Waals surface area contributed by atoms with Gasteiger partial charge in [0.1, 0.15) is 13.2 Å². The molecule has 142 valence electrons. The number of carboxylic acid groups (broad SMARTS) is 2. The Morgan fingerprint density at radius 1 is 0.960 bits per heavy atom. The second-order valence-corrected chi connectivity index (χ2v) is 6.94. The lowest BCUT2D eigenvalue weighted by molar-refractivity contribution is -0.166. The Bertz CT molecular complexity index is 525. The molecular weight excluding hydrogens is 332 g/mol. The zero-order valence-corrected chi connectivity index (χ0v) is 14.8. The van der Waals surface area contributed by atoms with Crippen LogP contribution in [0.25, 0.3) is 0 Å². The second kappa shape index (κ2) is 8.82. The van der Waals surface area contributed by atoms with Crippen molar-refractivity contribution in [3.05, 3.63) is 0 Å². The molecule has 1 saturated carbocycles. The molecule has 8 nitrogen and oxygen atoms in total. The minimum atomic E-state index is -1.20. The van der Waals surface area contributed by atoms with E-state index in [0.29, 0.717) is 6.42 Å². The monoisotopic (exact) mass is 358 g/mol. The molecule has 0 heterocycles. The molecule has 0 aromatic heterocycles. The van der Waals surface area contributed by atoms with Gasteiger partial charge in [-0.05, 0) is 39.5 Å². The number of hydrogen-bond donors (Lipinski definition) is 2. The zero-order chi connectivity index (χ0) is 19.2. The fraction of sp³-hybridized carbons (Fsp3) is 0.765. The number of ether oxygens (including phenoxy) is 2. The van der Waals surface area contributed by atoms with Gasteiger partial charge in [0.25, 0.3) is 0 Å². The van der Waals surface area contributed by atoms with Crippen LogP contribution in [-0.2, 0) is 28.7 Å². The average Bonchev–Trinajstić information content (AvgIpc) is 2.57. The van der Waals surface area contributed by atoms with E-state index in [-0.39, 0.29) is 32.5 Å². The topological polar surface area (TPSA) is 127 Å². The highest BCUT2D eigenvalue weighted by Crippen LogP contribution is 2.35. The molecule has 0 aromatic carbocycles. The minimum absolute atomic E-state index is 0.0931. The van der Waals surface area contributed by atoms with Crippen molar-refractivity contribution in [3.63, 3.8) is 0 Å². The fourth-order valence-electron chi connectivity index (χ4n) is 2.67. The van der Waals surface area contributed by atoms with Crippen LogP contribution in [0.2, 0.25) is 0 Å². The minimum Gasteiger partial charge on any atom is -0.481 e. The van der Waals surface area contributed by atoms with E-state index in [9.17, 15) is 24.3 Å². The van der Waals surface area contributed by atoms with Crippen LogP contribution in [0, 0.1) is 23.2 Å². The fourth-order valence-corrected chi connectivity index (χ4v) is 2.67. The van der Waals surface area contributed by atoms with Crippen molar-refractivity contribution in [1.82, 2.24) is 0 Å². The molecule has 0 radical (unpaired) electrons. The predicted octanol–water partition coefficient (Wildman–Crippen LogP) is 1.71. The molecule has 0 bridgehead atoms. The highest BCUT2D eigenvalue weighted by Gasteiger charge is 2.42. The third-order valence-corrected chi connectivity index (χ3v) is 4.82. The zero-order valence-electron chi connectivity index (χ0n) is 14.8. The summed E-state index contributed by atoms with van der Waals surface area (Å²) in [7, 11) is 0. The third-order valence-electron chi connectivity index (χ3n) is 4.82. The van der Waals surface area contributed by atoms with Gasteiger partial charge in [0.05, 0.1) is 23.2 Å². The van der Waals surface area contributed by atoms with Crippen molar-refractivity contribution in [2.24, 2.45) is 23.2 Å². The normalized spacial score (nSPS) is 23.6. The Labute approximate surface area is 146 Å². The molecule has 0 saturated heterocycles. The Hall–Kier alpha value is -2.12. The summed E-state index contributed by atoms with van der Waals surface area (Å²) in [5.74, 6) is -6.06. The smallest absolute Gasteiger partial charge is 0.311 e. The van der Waals surface area contributed by atoms with Crippen molar-refractivity contribution in [2.45, 2.75) is 46.5 Å². The molecule has 1 rings (SSSR count). The Morgan fingerprint density at radius 3 is 2.08 bits per heavy atom. The molecular formula is C17H26O8. The molecule has 0 aromatic rings. The summed E-state index contributed by atoms with van der Waals surface area (Å²) in [4.78, 5) is 46.3. The molecule has 1 fully saturated rings. The third kappa shape index (κ3) is 5.72. The Kier molecular flexibility index (Phi) is 7.38. The van der Waals surface area contributed by atoms with Crippen LogP contribution < -0.4 is 0 Å². The van der Waals surface area contributed by atoms with Gasteiger partial charge in [-0.2, -0.15) is 0 Å². The largest absolute Gasteiger partial charge is 0.481 e. The highest BCUT2D eigenvalue weighted by atomic mass is 16.6. The summed E-state index contributed by atoms with van der Waals surface area (Å²) in [5, 5.41) is 18.3. The van der Waals surface area contributed by atoms with Gasteiger partial charge in [0.15, 0.2) is 0 Å². The highest BCUT2D eigenvalue weighted by molar-refractivity contribution is 5.82. The molecule has 3 atom stereocenters. The first kappa shape index (κ1) is 20.9. The van der Waals surface area contributed by atoms with E-state index in [4.69, 9.17) is 14.6 Å². The number of aliphatic carboxylic acids is 2. The summed E-state index contributed by atoms with van der Waals surface area (Å²) in [6.45, 7) is 5.10. The Balaban J connectivity index is 2.49. The lowest BCUT2D eigenvalue weighted by Gasteiger charge is -2.30. The SMILES string of the molecule is CCC(C)(C)C(=O)OCCOC(=O)C1CCC(C(=O)O)CC1C(=O)O. The first-order chi connectivity index (χ1) is 11.6. The Morgan fingerprint density at radius 2 is 1.56 bits per heavy atom. The maximum absolute atomic E-state index is 12.1. The van der Waals surface area contributed by atoms with Gasteiger partial charge < -0.3 is 19.7 Å². The number of rotatable bonds is 8. The molecule has 0 spiro atoms. The van der Waals surface area contributed by atoms with Gasteiger partial charge in [-0.1, -0.05) is 6.92 Å². The maximum atomic E-state index is 12.1. The lowest BCUT2D eigenvalue weighted by Crippen LogP contribution is -2.38. The number of carbonyl (C=O) groups excluding carboxylic acids is 2. The van der Waals surface area contributed by atoms with Gasteiger partial charge in [-0.15, -0.1) is 0 Å². The van der Waals surface area contributed by atoms with Gasteiger partial charge in [-0.25, -0.2) is 0 Å².